The third-order valence-corrected chi connectivity index (χ3v) is 6.29. The Morgan fingerprint density at radius 3 is 2.67 bits per heavy atom. The lowest BCUT2D eigenvalue weighted by atomic mass is 9.67. The molecule has 0 bridgehead atoms. The van der Waals surface area contributed by atoms with Crippen molar-refractivity contribution in [3.05, 3.63) is 47.6 Å². The molecule has 4 unspecified atom stereocenters. The van der Waals surface area contributed by atoms with Crippen LogP contribution in [0.1, 0.15) is 58.8 Å². The second-order valence-electron chi connectivity index (χ2n) is 8.09. The van der Waals surface area contributed by atoms with Crippen LogP contribution >= 0.6 is 0 Å². The summed E-state index contributed by atoms with van der Waals surface area (Å²) in [6, 6.07) is 0.287. The van der Waals surface area contributed by atoms with Crippen molar-refractivity contribution in [1.82, 2.24) is 5.32 Å². The van der Waals surface area contributed by atoms with Crippen LogP contribution in [0.15, 0.2) is 47.6 Å². The van der Waals surface area contributed by atoms with E-state index in [4.69, 9.17) is 5.73 Å². The van der Waals surface area contributed by atoms with Gasteiger partial charge in [-0.05, 0) is 56.4 Å². The van der Waals surface area contributed by atoms with Gasteiger partial charge in [0.15, 0.2) is 0 Å². The van der Waals surface area contributed by atoms with Crippen molar-refractivity contribution >= 4 is 0 Å². The molecular formula is C22H34N2. The fourth-order valence-corrected chi connectivity index (χ4v) is 4.82. The van der Waals surface area contributed by atoms with Gasteiger partial charge in [-0.2, -0.15) is 0 Å². The van der Waals surface area contributed by atoms with E-state index >= 15 is 0 Å². The van der Waals surface area contributed by atoms with Crippen LogP contribution in [0.3, 0.4) is 0 Å². The fourth-order valence-electron chi connectivity index (χ4n) is 4.82. The first-order chi connectivity index (χ1) is 11.6. The maximum Gasteiger partial charge on any atom is 0.0580 e. The maximum atomic E-state index is 6.59. The number of hydrogen-bond acceptors (Lipinski definition) is 2. The van der Waals surface area contributed by atoms with E-state index in [9.17, 15) is 0 Å². The number of hydrogen-bond donors (Lipinski definition) is 2. The van der Waals surface area contributed by atoms with Crippen LogP contribution in [0.2, 0.25) is 0 Å². The summed E-state index contributed by atoms with van der Waals surface area (Å²) in [5, 5.41) is 3.69. The minimum atomic E-state index is 0.113. The Kier molecular flexibility index (Phi) is 6.13. The van der Waals surface area contributed by atoms with Crippen LogP contribution in [0.4, 0.5) is 0 Å². The number of allylic oxidation sites excluding steroid dienone is 6. The van der Waals surface area contributed by atoms with Crippen molar-refractivity contribution in [2.75, 3.05) is 0 Å². The molecule has 0 heterocycles. The zero-order chi connectivity index (χ0) is 16.9. The van der Waals surface area contributed by atoms with E-state index in [2.05, 4.69) is 55.6 Å². The molecular weight excluding hydrogens is 292 g/mol. The molecule has 24 heavy (non-hydrogen) atoms. The molecule has 132 valence electrons. The Balaban J connectivity index is 1.57. The van der Waals surface area contributed by atoms with E-state index in [1.165, 1.54) is 56.1 Å². The smallest absolute Gasteiger partial charge is 0.0580 e. The van der Waals surface area contributed by atoms with Crippen molar-refractivity contribution in [3.8, 4) is 0 Å². The van der Waals surface area contributed by atoms with E-state index in [-0.39, 0.29) is 12.2 Å². The van der Waals surface area contributed by atoms with Crippen LogP contribution < -0.4 is 11.1 Å². The minimum absolute atomic E-state index is 0.113. The van der Waals surface area contributed by atoms with Crippen molar-refractivity contribution in [2.24, 2.45) is 23.5 Å². The molecule has 0 saturated heterocycles. The van der Waals surface area contributed by atoms with Gasteiger partial charge in [0.25, 0.3) is 0 Å². The zero-order valence-electron chi connectivity index (χ0n) is 15.4. The molecule has 0 aliphatic heterocycles. The first-order valence-corrected chi connectivity index (χ1v) is 9.88. The van der Waals surface area contributed by atoms with Gasteiger partial charge < -0.3 is 5.73 Å². The summed E-state index contributed by atoms with van der Waals surface area (Å²) < 4.78 is 0. The van der Waals surface area contributed by atoms with E-state index < -0.39 is 0 Å². The normalized spacial score (nSPS) is 36.4. The molecule has 2 nitrogen and oxygen atoms in total. The Labute approximate surface area is 148 Å². The zero-order valence-corrected chi connectivity index (χ0v) is 15.4. The van der Waals surface area contributed by atoms with Crippen LogP contribution in [0, 0.1) is 17.8 Å². The fraction of sp³-hybridized carbons (Fsp3) is 0.636. The van der Waals surface area contributed by atoms with Gasteiger partial charge in [0.05, 0.1) is 6.17 Å². The van der Waals surface area contributed by atoms with Crippen LogP contribution in [-0.2, 0) is 0 Å². The standard InChI is InChI=1S/C22H34N2/c1-16-8-4-3-5-10-19(14-16)17(2)24-22(23)21-13-12-18-9-6-7-11-20(18)15-21/h3-5,8,10,14,17-18,20-22,24H,6-7,9,11-13,15,23H2,1-2H3/b4-3?,5-3-,8-4?,10-5?,16-8?,16-14?,19-10-,19-14?/t17?,18?,20-,21?,22?/m0/s1. The topological polar surface area (TPSA) is 38.0 Å². The molecule has 3 aliphatic rings. The van der Waals surface area contributed by atoms with Gasteiger partial charge in [-0.25, -0.2) is 0 Å². The SMILES string of the molecule is CC1=C/C(C(C)NC(N)C2CCC3CCCC[C@H]3C2)=C/C=C\C=C1. The monoisotopic (exact) mass is 326 g/mol. The highest BCUT2D eigenvalue weighted by molar-refractivity contribution is 5.38. The van der Waals surface area contributed by atoms with Gasteiger partial charge in [0, 0.05) is 6.04 Å². The lowest BCUT2D eigenvalue weighted by molar-refractivity contribution is 0.109. The molecule has 3 rings (SSSR count). The molecule has 5 atom stereocenters. The van der Waals surface area contributed by atoms with Crippen molar-refractivity contribution in [2.45, 2.75) is 71.0 Å². The molecule has 0 amide bonds. The van der Waals surface area contributed by atoms with Crippen molar-refractivity contribution in [3.63, 3.8) is 0 Å². The van der Waals surface area contributed by atoms with Crippen molar-refractivity contribution < 1.29 is 0 Å². The summed E-state index contributed by atoms with van der Waals surface area (Å²) in [6.45, 7) is 4.39. The quantitative estimate of drug-likeness (QED) is 0.724. The first kappa shape index (κ1) is 17.7. The lowest BCUT2D eigenvalue weighted by Gasteiger charge is -2.41. The molecule has 0 spiro atoms. The number of rotatable bonds is 4. The van der Waals surface area contributed by atoms with E-state index in [1.54, 1.807) is 0 Å². The highest BCUT2D eigenvalue weighted by atomic mass is 15.1. The first-order valence-electron chi connectivity index (χ1n) is 9.88. The van der Waals surface area contributed by atoms with Crippen molar-refractivity contribution in [1.29, 1.82) is 0 Å². The summed E-state index contributed by atoms with van der Waals surface area (Å²) in [5.41, 5.74) is 9.19. The summed E-state index contributed by atoms with van der Waals surface area (Å²) in [7, 11) is 0. The summed E-state index contributed by atoms with van der Waals surface area (Å²) in [6.07, 6.45) is 22.9. The molecule has 0 aromatic heterocycles. The molecule has 3 aliphatic carbocycles. The minimum Gasteiger partial charge on any atom is -0.316 e. The van der Waals surface area contributed by atoms with Crippen LogP contribution in [0.25, 0.3) is 0 Å². The van der Waals surface area contributed by atoms with E-state index in [0.717, 1.165) is 11.8 Å². The molecule has 0 aromatic carbocycles. The summed E-state index contributed by atoms with van der Waals surface area (Å²) in [4.78, 5) is 0. The number of fused-ring (bicyclic) bond motifs is 1. The maximum absolute atomic E-state index is 6.59. The second kappa shape index (κ2) is 8.31. The second-order valence-corrected chi connectivity index (χ2v) is 8.09. The Bertz CT molecular complexity index is 540. The van der Waals surface area contributed by atoms with Gasteiger partial charge in [-0.15, -0.1) is 0 Å². The van der Waals surface area contributed by atoms with Gasteiger partial charge in [0.2, 0.25) is 0 Å². The lowest BCUT2D eigenvalue weighted by Crippen LogP contribution is -2.50. The number of nitrogens with one attached hydrogen (secondary N) is 1. The predicted molar refractivity (Wildman–Crippen MR) is 103 cm³/mol. The van der Waals surface area contributed by atoms with Crippen LogP contribution in [0.5, 0.6) is 0 Å². The average Bonchev–Trinajstić information content (AvgIpc) is 2.57. The van der Waals surface area contributed by atoms with Crippen LogP contribution in [-0.4, -0.2) is 12.2 Å². The third-order valence-electron chi connectivity index (χ3n) is 6.29. The van der Waals surface area contributed by atoms with Gasteiger partial charge >= 0.3 is 0 Å². The summed E-state index contributed by atoms with van der Waals surface area (Å²) >= 11 is 0. The van der Waals surface area contributed by atoms with Gasteiger partial charge in [-0.1, -0.05) is 67.7 Å². The molecule has 3 N–H and O–H groups in total. The predicted octanol–water partition coefficient (Wildman–Crippen LogP) is 4.85. The molecule has 0 radical (unpaired) electrons. The highest BCUT2D eigenvalue weighted by Crippen LogP contribution is 2.43. The number of nitrogens with two attached hydrogens (primary N) is 1. The van der Waals surface area contributed by atoms with Gasteiger partial charge in [0.1, 0.15) is 0 Å². The molecule has 2 heteroatoms. The van der Waals surface area contributed by atoms with E-state index in [0.29, 0.717) is 5.92 Å². The molecule has 2 saturated carbocycles. The Morgan fingerprint density at radius 2 is 1.83 bits per heavy atom. The molecule has 2 fully saturated rings. The van der Waals surface area contributed by atoms with E-state index in [1.807, 2.05) is 0 Å². The Morgan fingerprint density at radius 1 is 1.04 bits per heavy atom. The molecule has 0 aromatic rings. The summed E-state index contributed by atoms with van der Waals surface area (Å²) in [5.74, 6) is 2.58. The third kappa shape index (κ3) is 4.49. The Hall–Kier alpha value is -1.12. The average molecular weight is 327 g/mol. The van der Waals surface area contributed by atoms with Gasteiger partial charge in [-0.3, -0.25) is 5.32 Å². The highest BCUT2D eigenvalue weighted by Gasteiger charge is 2.34. The largest absolute Gasteiger partial charge is 0.316 e.